The predicted molar refractivity (Wildman–Crippen MR) is 174 cm³/mol. The van der Waals surface area contributed by atoms with Crippen molar-refractivity contribution in [3.8, 4) is 0 Å². The molecule has 2 heteroatoms. The highest BCUT2D eigenvalue weighted by atomic mass is 16.5. The van der Waals surface area contributed by atoms with Crippen molar-refractivity contribution >= 4 is 5.97 Å². The van der Waals surface area contributed by atoms with Crippen LogP contribution < -0.4 is 0 Å². The van der Waals surface area contributed by atoms with Crippen molar-refractivity contribution in [2.75, 3.05) is 6.61 Å². The Bertz CT molecular complexity index is 522. The van der Waals surface area contributed by atoms with Gasteiger partial charge in [0.05, 0.1) is 6.61 Å². The molecule has 0 bridgehead atoms. The first-order valence-electron chi connectivity index (χ1n) is 17.8. The number of ether oxygens (including phenoxy) is 1. The molecule has 0 aliphatic rings. The number of esters is 1. The molecular weight excluding hydrogens is 476 g/mol. The monoisotopic (exact) mass is 547 g/mol. The summed E-state index contributed by atoms with van der Waals surface area (Å²) in [7, 11) is 0. The van der Waals surface area contributed by atoms with Crippen LogP contribution in [0.25, 0.3) is 0 Å². The van der Waals surface area contributed by atoms with Gasteiger partial charge in [0.2, 0.25) is 0 Å². The fourth-order valence-corrected chi connectivity index (χ4v) is 5.11. The highest BCUT2D eigenvalue weighted by molar-refractivity contribution is 5.69. The quantitative estimate of drug-likeness (QED) is 0.0476. The van der Waals surface area contributed by atoms with Gasteiger partial charge in [-0.15, -0.1) is 0 Å². The van der Waals surface area contributed by atoms with Gasteiger partial charge in [-0.25, -0.2) is 0 Å². The molecule has 2 nitrogen and oxygen atoms in total. The van der Waals surface area contributed by atoms with Crippen molar-refractivity contribution in [3.05, 3.63) is 24.3 Å². The van der Waals surface area contributed by atoms with E-state index in [4.69, 9.17) is 4.74 Å². The zero-order valence-corrected chi connectivity index (χ0v) is 26.8. The first-order chi connectivity index (χ1) is 19.3. The van der Waals surface area contributed by atoms with Crippen LogP contribution in [-0.4, -0.2) is 12.6 Å². The highest BCUT2D eigenvalue weighted by Gasteiger charge is 2.02. The largest absolute Gasteiger partial charge is 0.466 e. The van der Waals surface area contributed by atoms with Gasteiger partial charge in [0.25, 0.3) is 0 Å². The molecule has 39 heavy (non-hydrogen) atoms. The van der Waals surface area contributed by atoms with Crippen molar-refractivity contribution in [1.29, 1.82) is 0 Å². The molecule has 0 saturated carbocycles. The Kier molecular flexibility index (Phi) is 34.0. The van der Waals surface area contributed by atoms with Crippen LogP contribution in [0, 0.1) is 0 Å². The van der Waals surface area contributed by atoms with Gasteiger partial charge in [-0.1, -0.05) is 160 Å². The fourth-order valence-electron chi connectivity index (χ4n) is 5.11. The van der Waals surface area contributed by atoms with Gasteiger partial charge >= 0.3 is 5.97 Å². The third kappa shape index (κ3) is 34.9. The number of unbranched alkanes of at least 4 members (excludes halogenated alkanes) is 24. The van der Waals surface area contributed by atoms with E-state index in [1.165, 1.54) is 161 Å². The minimum atomic E-state index is 0.00816. The van der Waals surface area contributed by atoms with Gasteiger partial charge in [-0.2, -0.15) is 0 Å². The van der Waals surface area contributed by atoms with Crippen LogP contribution in [0.5, 0.6) is 0 Å². The van der Waals surface area contributed by atoms with Gasteiger partial charge < -0.3 is 4.74 Å². The van der Waals surface area contributed by atoms with Crippen LogP contribution in [0.2, 0.25) is 0 Å². The highest BCUT2D eigenvalue weighted by Crippen LogP contribution is 2.13. The average Bonchev–Trinajstić information content (AvgIpc) is 2.94. The lowest BCUT2D eigenvalue weighted by molar-refractivity contribution is -0.143. The molecule has 0 aromatic rings. The molecule has 230 valence electrons. The third-order valence-electron chi connectivity index (χ3n) is 7.81. The fraction of sp³-hybridized carbons (Fsp3) is 0.865. The molecule has 0 aromatic carbocycles. The van der Waals surface area contributed by atoms with E-state index in [1.807, 2.05) is 0 Å². The van der Waals surface area contributed by atoms with Crippen molar-refractivity contribution < 1.29 is 9.53 Å². The summed E-state index contributed by atoms with van der Waals surface area (Å²) >= 11 is 0. The van der Waals surface area contributed by atoms with Crippen LogP contribution in [-0.2, 0) is 9.53 Å². The van der Waals surface area contributed by atoms with E-state index in [0.29, 0.717) is 13.0 Å². The Morgan fingerprint density at radius 3 is 1.18 bits per heavy atom. The number of carbonyl (C=O) groups is 1. The Hall–Kier alpha value is -1.05. The maximum absolute atomic E-state index is 11.9. The second-order valence-corrected chi connectivity index (χ2v) is 11.8. The lowest BCUT2D eigenvalue weighted by atomic mass is 10.0. The Morgan fingerprint density at radius 2 is 0.744 bits per heavy atom. The van der Waals surface area contributed by atoms with E-state index in [-0.39, 0.29) is 5.97 Å². The van der Waals surface area contributed by atoms with Gasteiger partial charge in [-0.3, -0.25) is 4.79 Å². The third-order valence-corrected chi connectivity index (χ3v) is 7.81. The molecule has 0 spiro atoms. The van der Waals surface area contributed by atoms with Crippen LogP contribution in [0.15, 0.2) is 24.3 Å². The maximum Gasteiger partial charge on any atom is 0.305 e. The predicted octanol–water partition coefficient (Wildman–Crippen LogP) is 13.0. The lowest BCUT2D eigenvalue weighted by Crippen LogP contribution is -2.05. The van der Waals surface area contributed by atoms with Crippen LogP contribution >= 0.6 is 0 Å². The zero-order chi connectivity index (χ0) is 28.3. The summed E-state index contributed by atoms with van der Waals surface area (Å²) in [6, 6.07) is 0. The number of carbonyl (C=O) groups excluding carboxylic acids is 1. The summed E-state index contributed by atoms with van der Waals surface area (Å²) in [6.07, 6.45) is 46.7. The van der Waals surface area contributed by atoms with Gasteiger partial charge in [-0.05, 0) is 57.8 Å². The van der Waals surface area contributed by atoms with Crippen LogP contribution in [0.4, 0.5) is 0 Å². The summed E-state index contributed by atoms with van der Waals surface area (Å²) in [6.45, 7) is 5.15. The summed E-state index contributed by atoms with van der Waals surface area (Å²) in [4.78, 5) is 11.9. The Morgan fingerprint density at radius 1 is 0.410 bits per heavy atom. The number of hydrogen-bond donors (Lipinski definition) is 0. The van der Waals surface area contributed by atoms with E-state index in [1.54, 1.807) is 0 Å². The summed E-state index contributed by atoms with van der Waals surface area (Å²) in [5.41, 5.74) is 0. The molecule has 0 aliphatic heterocycles. The molecule has 0 atom stereocenters. The Labute approximate surface area is 246 Å². The van der Waals surface area contributed by atoms with E-state index in [2.05, 4.69) is 38.2 Å². The van der Waals surface area contributed by atoms with Crippen LogP contribution in [0.1, 0.15) is 200 Å². The molecule has 0 aliphatic carbocycles. The summed E-state index contributed by atoms with van der Waals surface area (Å²) < 4.78 is 5.42. The van der Waals surface area contributed by atoms with E-state index in [0.717, 1.165) is 19.3 Å². The molecule has 0 saturated heterocycles. The minimum Gasteiger partial charge on any atom is -0.466 e. The molecule has 0 radical (unpaired) electrons. The molecule has 0 amide bonds. The van der Waals surface area contributed by atoms with Crippen molar-refractivity contribution in [2.45, 2.75) is 200 Å². The number of hydrogen-bond acceptors (Lipinski definition) is 2. The molecule has 0 heterocycles. The summed E-state index contributed by atoms with van der Waals surface area (Å²) in [5.74, 6) is 0.00816. The molecular formula is C37H70O2. The minimum absolute atomic E-state index is 0.00816. The average molecular weight is 547 g/mol. The zero-order valence-electron chi connectivity index (χ0n) is 26.8. The molecule has 0 aromatic heterocycles. The SMILES string of the molecule is CCCC/C=C/CCCCCCCC(=O)OCCCCCCCC/C=C/CCCCCCCCCCCCC. The van der Waals surface area contributed by atoms with Gasteiger partial charge in [0.1, 0.15) is 0 Å². The maximum atomic E-state index is 11.9. The smallest absolute Gasteiger partial charge is 0.305 e. The second-order valence-electron chi connectivity index (χ2n) is 11.8. The lowest BCUT2D eigenvalue weighted by Gasteiger charge is -2.05. The molecule has 0 N–H and O–H groups in total. The number of rotatable bonds is 32. The van der Waals surface area contributed by atoms with Crippen molar-refractivity contribution in [1.82, 2.24) is 0 Å². The Balaban J connectivity index is 3.21. The van der Waals surface area contributed by atoms with Gasteiger partial charge in [0.15, 0.2) is 0 Å². The summed E-state index contributed by atoms with van der Waals surface area (Å²) in [5, 5.41) is 0. The van der Waals surface area contributed by atoms with Crippen molar-refractivity contribution in [2.24, 2.45) is 0 Å². The molecule has 0 fully saturated rings. The van der Waals surface area contributed by atoms with E-state index >= 15 is 0 Å². The van der Waals surface area contributed by atoms with Crippen LogP contribution in [0.3, 0.4) is 0 Å². The first kappa shape index (κ1) is 38.0. The first-order valence-corrected chi connectivity index (χ1v) is 17.8. The standard InChI is InChI=1S/C37H70O2/c1-3-5-7-9-11-13-15-16-17-18-19-20-21-22-23-24-26-28-30-32-34-36-39-37(38)35-33-31-29-27-25-14-12-10-8-6-4-2/h10,12,21-22H,3-9,11,13-20,23-36H2,1-2H3/b12-10+,22-21+. The van der Waals surface area contributed by atoms with E-state index in [9.17, 15) is 4.79 Å². The second kappa shape index (κ2) is 35.0. The van der Waals surface area contributed by atoms with E-state index < -0.39 is 0 Å². The molecule has 0 rings (SSSR count). The molecule has 0 unspecified atom stereocenters. The van der Waals surface area contributed by atoms with Crippen molar-refractivity contribution in [3.63, 3.8) is 0 Å². The van der Waals surface area contributed by atoms with Gasteiger partial charge in [0, 0.05) is 6.42 Å². The normalized spacial score (nSPS) is 11.7. The topological polar surface area (TPSA) is 26.3 Å². The number of allylic oxidation sites excluding steroid dienone is 4.